The second-order valence-corrected chi connectivity index (χ2v) is 4.19. The third kappa shape index (κ3) is 3.32. The molecule has 1 rings (SSSR count). The Kier molecular flexibility index (Phi) is 4.43. The second-order valence-electron chi connectivity index (χ2n) is 3.75. The van der Waals surface area contributed by atoms with E-state index in [0.717, 1.165) is 11.4 Å². The molecule has 0 spiro atoms. The van der Waals surface area contributed by atoms with Crippen LogP contribution in [-0.2, 0) is 0 Å². The van der Waals surface area contributed by atoms with Crippen LogP contribution in [0.5, 0.6) is 0 Å². The van der Waals surface area contributed by atoms with Crippen molar-refractivity contribution in [2.75, 3.05) is 0 Å². The molecule has 2 heteroatoms. The van der Waals surface area contributed by atoms with E-state index in [4.69, 9.17) is 11.6 Å². The molecule has 0 aromatic heterocycles. The third-order valence-electron chi connectivity index (χ3n) is 2.50. The van der Waals surface area contributed by atoms with Crippen molar-refractivity contribution in [3.05, 3.63) is 34.9 Å². The molecule has 0 saturated heterocycles. The van der Waals surface area contributed by atoms with Crippen molar-refractivity contribution in [1.29, 1.82) is 0 Å². The molecule has 0 aliphatic carbocycles. The van der Waals surface area contributed by atoms with Crippen molar-refractivity contribution in [2.24, 2.45) is 0 Å². The zero-order chi connectivity index (χ0) is 10.6. The van der Waals surface area contributed by atoms with Gasteiger partial charge in [-0.25, -0.2) is 0 Å². The van der Waals surface area contributed by atoms with Crippen LogP contribution in [0, 0.1) is 0 Å². The van der Waals surface area contributed by atoms with Gasteiger partial charge < -0.3 is 5.32 Å². The minimum Gasteiger partial charge on any atom is -0.308 e. The highest BCUT2D eigenvalue weighted by molar-refractivity contribution is 6.30. The molecule has 1 N–H and O–H groups in total. The maximum atomic E-state index is 5.93. The fraction of sp³-hybridized carbons (Fsp3) is 0.500. The van der Waals surface area contributed by atoms with E-state index in [1.54, 1.807) is 0 Å². The standard InChI is InChI=1S/C12H18ClN/c1-4-9(2)14-10(3)11-6-5-7-12(13)8-11/h5-10,14H,4H2,1-3H3/t9-,10-/m1/s1. The van der Waals surface area contributed by atoms with Crippen LogP contribution in [0.15, 0.2) is 24.3 Å². The summed E-state index contributed by atoms with van der Waals surface area (Å²) >= 11 is 5.93. The van der Waals surface area contributed by atoms with Crippen LogP contribution in [0.4, 0.5) is 0 Å². The van der Waals surface area contributed by atoms with Gasteiger partial charge in [0.2, 0.25) is 0 Å². The van der Waals surface area contributed by atoms with Crippen molar-refractivity contribution in [1.82, 2.24) is 5.32 Å². The molecule has 0 aliphatic rings. The first-order valence-corrected chi connectivity index (χ1v) is 5.52. The zero-order valence-corrected chi connectivity index (χ0v) is 9.81. The number of rotatable bonds is 4. The highest BCUT2D eigenvalue weighted by Crippen LogP contribution is 2.17. The monoisotopic (exact) mass is 211 g/mol. The topological polar surface area (TPSA) is 12.0 Å². The number of nitrogens with one attached hydrogen (secondary N) is 1. The van der Waals surface area contributed by atoms with Gasteiger partial charge in [0.1, 0.15) is 0 Å². The maximum Gasteiger partial charge on any atom is 0.0409 e. The molecular weight excluding hydrogens is 194 g/mol. The molecule has 1 aromatic rings. The van der Waals surface area contributed by atoms with E-state index in [9.17, 15) is 0 Å². The average Bonchev–Trinajstić information content (AvgIpc) is 2.17. The number of hydrogen-bond donors (Lipinski definition) is 1. The van der Waals surface area contributed by atoms with Gasteiger partial charge in [-0.1, -0.05) is 30.7 Å². The van der Waals surface area contributed by atoms with Crippen molar-refractivity contribution in [3.8, 4) is 0 Å². The smallest absolute Gasteiger partial charge is 0.0409 e. The second kappa shape index (κ2) is 5.38. The Bertz CT molecular complexity index is 285. The molecule has 78 valence electrons. The molecule has 1 aromatic carbocycles. The summed E-state index contributed by atoms with van der Waals surface area (Å²) in [6.07, 6.45) is 1.14. The molecule has 1 nitrogen and oxygen atoms in total. The summed E-state index contributed by atoms with van der Waals surface area (Å²) in [7, 11) is 0. The summed E-state index contributed by atoms with van der Waals surface area (Å²) in [6, 6.07) is 8.92. The first-order chi connectivity index (χ1) is 6.63. The lowest BCUT2D eigenvalue weighted by atomic mass is 10.1. The summed E-state index contributed by atoms with van der Waals surface area (Å²) in [5.74, 6) is 0. The molecule has 0 fully saturated rings. The highest BCUT2D eigenvalue weighted by atomic mass is 35.5. The van der Waals surface area contributed by atoms with Crippen LogP contribution in [0.2, 0.25) is 5.02 Å². The minimum atomic E-state index is 0.364. The Morgan fingerprint density at radius 2 is 2.07 bits per heavy atom. The normalized spacial score (nSPS) is 15.1. The van der Waals surface area contributed by atoms with E-state index in [-0.39, 0.29) is 0 Å². The van der Waals surface area contributed by atoms with E-state index < -0.39 is 0 Å². The van der Waals surface area contributed by atoms with Crippen molar-refractivity contribution < 1.29 is 0 Å². The molecule has 0 amide bonds. The van der Waals surface area contributed by atoms with Gasteiger partial charge in [-0.15, -0.1) is 0 Å². The highest BCUT2D eigenvalue weighted by Gasteiger charge is 2.07. The lowest BCUT2D eigenvalue weighted by molar-refractivity contribution is 0.469. The Hall–Kier alpha value is -0.530. The summed E-state index contributed by atoms with van der Waals surface area (Å²) in [4.78, 5) is 0. The van der Waals surface area contributed by atoms with E-state index in [1.165, 1.54) is 5.56 Å². The van der Waals surface area contributed by atoms with Crippen molar-refractivity contribution >= 4 is 11.6 Å². The average molecular weight is 212 g/mol. The van der Waals surface area contributed by atoms with Gasteiger partial charge >= 0.3 is 0 Å². The van der Waals surface area contributed by atoms with Crippen LogP contribution in [-0.4, -0.2) is 6.04 Å². The molecule has 2 atom stereocenters. The first kappa shape index (κ1) is 11.5. The van der Waals surface area contributed by atoms with Crippen LogP contribution in [0.1, 0.15) is 38.8 Å². The zero-order valence-electron chi connectivity index (χ0n) is 9.05. The lowest BCUT2D eigenvalue weighted by Crippen LogP contribution is -2.28. The van der Waals surface area contributed by atoms with Crippen molar-refractivity contribution in [3.63, 3.8) is 0 Å². The molecule has 14 heavy (non-hydrogen) atoms. The van der Waals surface area contributed by atoms with Crippen LogP contribution in [0.25, 0.3) is 0 Å². The summed E-state index contributed by atoms with van der Waals surface area (Å²) in [5, 5.41) is 4.32. The van der Waals surface area contributed by atoms with Gasteiger partial charge in [0.15, 0.2) is 0 Å². The number of halogens is 1. The Labute approximate surface area is 91.5 Å². The number of hydrogen-bond acceptors (Lipinski definition) is 1. The van der Waals surface area contributed by atoms with Crippen LogP contribution in [0.3, 0.4) is 0 Å². The SMILES string of the molecule is CC[C@@H](C)N[C@H](C)c1cccc(Cl)c1. The fourth-order valence-corrected chi connectivity index (χ4v) is 1.62. The van der Waals surface area contributed by atoms with Gasteiger partial charge in [0.25, 0.3) is 0 Å². The lowest BCUT2D eigenvalue weighted by Gasteiger charge is -2.19. The Morgan fingerprint density at radius 1 is 1.36 bits per heavy atom. The van der Waals surface area contributed by atoms with E-state index >= 15 is 0 Å². The first-order valence-electron chi connectivity index (χ1n) is 5.15. The third-order valence-corrected chi connectivity index (χ3v) is 2.73. The quantitative estimate of drug-likeness (QED) is 0.799. The Morgan fingerprint density at radius 3 is 2.64 bits per heavy atom. The van der Waals surface area contributed by atoms with Gasteiger partial charge in [0.05, 0.1) is 0 Å². The van der Waals surface area contributed by atoms with Crippen LogP contribution >= 0.6 is 11.6 Å². The molecule has 0 saturated carbocycles. The molecule has 0 radical (unpaired) electrons. The van der Waals surface area contributed by atoms with E-state index in [2.05, 4.69) is 32.2 Å². The fourth-order valence-electron chi connectivity index (χ4n) is 1.42. The number of benzene rings is 1. The predicted octanol–water partition coefficient (Wildman–Crippen LogP) is 3.79. The van der Waals surface area contributed by atoms with Gasteiger partial charge in [-0.2, -0.15) is 0 Å². The van der Waals surface area contributed by atoms with E-state index in [0.29, 0.717) is 12.1 Å². The van der Waals surface area contributed by atoms with Crippen LogP contribution < -0.4 is 5.32 Å². The molecule has 0 heterocycles. The predicted molar refractivity (Wildman–Crippen MR) is 62.8 cm³/mol. The molecule has 0 unspecified atom stereocenters. The summed E-state index contributed by atoms with van der Waals surface area (Å²) in [5.41, 5.74) is 1.25. The van der Waals surface area contributed by atoms with Gasteiger partial charge in [0, 0.05) is 17.1 Å². The summed E-state index contributed by atoms with van der Waals surface area (Å²) in [6.45, 7) is 6.54. The van der Waals surface area contributed by atoms with Gasteiger partial charge in [-0.3, -0.25) is 0 Å². The summed E-state index contributed by atoms with van der Waals surface area (Å²) < 4.78 is 0. The maximum absolute atomic E-state index is 5.93. The van der Waals surface area contributed by atoms with Gasteiger partial charge in [-0.05, 0) is 38.0 Å². The largest absolute Gasteiger partial charge is 0.308 e. The van der Waals surface area contributed by atoms with E-state index in [1.807, 2.05) is 18.2 Å². The molecule has 0 bridgehead atoms. The Balaban J connectivity index is 2.64. The molecular formula is C12H18ClN. The van der Waals surface area contributed by atoms with Crippen molar-refractivity contribution in [2.45, 2.75) is 39.3 Å². The minimum absolute atomic E-state index is 0.364. The molecule has 0 aliphatic heterocycles.